The number of likely N-dealkylation sites (tertiary alicyclic amines) is 1. The molecule has 27 heavy (non-hydrogen) atoms. The average molecular weight is 395 g/mol. The van der Waals surface area contributed by atoms with Crippen molar-refractivity contribution in [3.63, 3.8) is 0 Å². The van der Waals surface area contributed by atoms with E-state index in [0.29, 0.717) is 48.3 Å². The summed E-state index contributed by atoms with van der Waals surface area (Å²) in [5.74, 6) is 0.892. The van der Waals surface area contributed by atoms with Crippen molar-refractivity contribution in [2.24, 2.45) is 0 Å². The Bertz CT molecular complexity index is 744. The van der Waals surface area contributed by atoms with Crippen LogP contribution >= 0.6 is 11.6 Å². The molecule has 2 saturated heterocycles. The van der Waals surface area contributed by atoms with Crippen molar-refractivity contribution in [1.29, 1.82) is 0 Å². The fourth-order valence-electron chi connectivity index (χ4n) is 3.43. The molecule has 7 nitrogen and oxygen atoms in total. The third-order valence-corrected chi connectivity index (χ3v) is 5.32. The lowest BCUT2D eigenvalue weighted by atomic mass is 10.0. The van der Waals surface area contributed by atoms with Crippen LogP contribution in [0.15, 0.2) is 18.2 Å². The van der Waals surface area contributed by atoms with E-state index < -0.39 is 0 Å². The molecule has 2 aliphatic heterocycles. The molecule has 1 aromatic carbocycles. The zero-order valence-electron chi connectivity index (χ0n) is 15.4. The summed E-state index contributed by atoms with van der Waals surface area (Å²) in [7, 11) is 3.06. The summed E-state index contributed by atoms with van der Waals surface area (Å²) >= 11 is 6.34. The van der Waals surface area contributed by atoms with Crippen molar-refractivity contribution in [2.75, 3.05) is 40.5 Å². The molecule has 2 aliphatic rings. The fourth-order valence-corrected chi connectivity index (χ4v) is 3.73. The van der Waals surface area contributed by atoms with E-state index in [1.807, 2.05) is 0 Å². The van der Waals surface area contributed by atoms with Gasteiger partial charge in [-0.25, -0.2) is 4.79 Å². The van der Waals surface area contributed by atoms with Gasteiger partial charge < -0.3 is 24.0 Å². The van der Waals surface area contributed by atoms with Crippen molar-refractivity contribution in [3.8, 4) is 11.5 Å². The smallest absolute Gasteiger partial charge is 0.410 e. The van der Waals surface area contributed by atoms with Gasteiger partial charge in [-0.3, -0.25) is 4.79 Å². The lowest BCUT2D eigenvalue weighted by Gasteiger charge is -2.35. The Labute approximate surface area is 163 Å². The van der Waals surface area contributed by atoms with E-state index in [1.165, 1.54) is 13.2 Å². The van der Waals surface area contributed by atoms with Gasteiger partial charge in [-0.05, 0) is 36.6 Å². The van der Waals surface area contributed by atoms with Gasteiger partial charge in [-0.2, -0.15) is 0 Å². The summed E-state index contributed by atoms with van der Waals surface area (Å²) < 4.78 is 15.5. The number of ether oxygens (including phenoxy) is 3. The van der Waals surface area contributed by atoms with Crippen LogP contribution in [0, 0.1) is 0 Å². The number of amides is 2. The van der Waals surface area contributed by atoms with Crippen molar-refractivity contribution >= 4 is 29.7 Å². The molecule has 0 N–H and O–H groups in total. The molecule has 8 heteroatoms. The van der Waals surface area contributed by atoms with Crippen LogP contribution in [-0.4, -0.2) is 68.3 Å². The Kier molecular flexibility index (Phi) is 6.11. The molecule has 0 unspecified atom stereocenters. The van der Waals surface area contributed by atoms with E-state index in [2.05, 4.69) is 0 Å². The molecule has 0 radical (unpaired) electrons. The minimum absolute atomic E-state index is 0.0803. The summed E-state index contributed by atoms with van der Waals surface area (Å²) in [6, 6.07) is 3.67. The number of nitrogens with zero attached hydrogens (tertiary/aromatic N) is 2. The van der Waals surface area contributed by atoms with Crippen LogP contribution in [0.25, 0.3) is 6.08 Å². The molecular weight excluding hydrogens is 372 g/mol. The minimum Gasteiger partial charge on any atom is -0.493 e. The molecule has 1 aromatic rings. The van der Waals surface area contributed by atoms with E-state index in [4.69, 9.17) is 25.8 Å². The Morgan fingerprint density at radius 1 is 1.22 bits per heavy atom. The third-order valence-electron chi connectivity index (χ3n) is 4.93. The zero-order valence-corrected chi connectivity index (χ0v) is 16.2. The van der Waals surface area contributed by atoms with Crippen LogP contribution < -0.4 is 9.47 Å². The second kappa shape index (κ2) is 8.52. The topological polar surface area (TPSA) is 68.3 Å². The Hall–Kier alpha value is -2.41. The molecule has 2 heterocycles. The van der Waals surface area contributed by atoms with Gasteiger partial charge in [0.2, 0.25) is 5.91 Å². The lowest BCUT2D eigenvalue weighted by Crippen LogP contribution is -2.46. The number of hydrogen-bond donors (Lipinski definition) is 0. The van der Waals surface area contributed by atoms with Crippen LogP contribution in [0.3, 0.4) is 0 Å². The molecular formula is C19H23ClN2O5. The SMILES string of the molecule is COc1ccc(C=CC(=O)N2CCC(N3CCOC3=O)CC2)c(Cl)c1OC. The fraction of sp³-hybridized carbons (Fsp3) is 0.474. The molecule has 0 aliphatic carbocycles. The van der Waals surface area contributed by atoms with Gasteiger partial charge in [-0.15, -0.1) is 0 Å². The van der Waals surface area contributed by atoms with Crippen LogP contribution in [0.4, 0.5) is 4.79 Å². The Morgan fingerprint density at radius 2 is 1.96 bits per heavy atom. The summed E-state index contributed by atoms with van der Waals surface area (Å²) in [5, 5.41) is 0.396. The zero-order chi connectivity index (χ0) is 19.4. The molecule has 0 aromatic heterocycles. The number of piperidine rings is 1. The molecule has 2 amide bonds. The molecule has 0 atom stereocenters. The first-order chi connectivity index (χ1) is 13.0. The molecule has 2 fully saturated rings. The molecule has 146 valence electrons. The second-order valence-electron chi connectivity index (χ2n) is 6.40. The van der Waals surface area contributed by atoms with Gasteiger partial charge in [0.05, 0.1) is 25.8 Å². The maximum Gasteiger partial charge on any atom is 0.410 e. The Balaban J connectivity index is 1.60. The first-order valence-electron chi connectivity index (χ1n) is 8.86. The molecule has 0 bridgehead atoms. The van der Waals surface area contributed by atoms with Crippen LogP contribution in [-0.2, 0) is 9.53 Å². The first-order valence-corrected chi connectivity index (χ1v) is 9.23. The maximum absolute atomic E-state index is 12.5. The monoisotopic (exact) mass is 394 g/mol. The maximum atomic E-state index is 12.5. The van der Waals surface area contributed by atoms with Gasteiger partial charge in [-0.1, -0.05) is 11.6 Å². The third kappa shape index (κ3) is 4.13. The van der Waals surface area contributed by atoms with Crippen molar-refractivity contribution in [3.05, 3.63) is 28.8 Å². The predicted molar refractivity (Wildman–Crippen MR) is 101 cm³/mol. The normalized spacial score (nSPS) is 18.1. The van der Waals surface area contributed by atoms with Gasteiger partial charge in [0.1, 0.15) is 6.61 Å². The predicted octanol–water partition coefficient (Wildman–Crippen LogP) is 2.81. The van der Waals surface area contributed by atoms with Crippen LogP contribution in [0.2, 0.25) is 5.02 Å². The average Bonchev–Trinajstić information content (AvgIpc) is 3.12. The van der Waals surface area contributed by atoms with E-state index in [0.717, 1.165) is 12.8 Å². The van der Waals surface area contributed by atoms with Crippen molar-refractivity contribution < 1.29 is 23.8 Å². The quantitative estimate of drug-likeness (QED) is 0.718. The summed E-state index contributed by atoms with van der Waals surface area (Å²) in [6.45, 7) is 2.30. The number of benzene rings is 1. The summed E-state index contributed by atoms with van der Waals surface area (Å²) in [6.07, 6.45) is 4.45. The number of methoxy groups -OCH3 is 2. The highest BCUT2D eigenvalue weighted by molar-refractivity contribution is 6.33. The van der Waals surface area contributed by atoms with Gasteiger partial charge >= 0.3 is 6.09 Å². The van der Waals surface area contributed by atoms with Gasteiger partial charge in [0.15, 0.2) is 11.5 Å². The van der Waals surface area contributed by atoms with E-state index in [-0.39, 0.29) is 18.0 Å². The standard InChI is InChI=1S/C19H23ClN2O5/c1-25-15-5-3-13(17(20)18(15)26-2)4-6-16(23)21-9-7-14(8-10-21)22-11-12-27-19(22)24/h3-6,14H,7-12H2,1-2H3. The second-order valence-corrected chi connectivity index (χ2v) is 6.78. The first kappa shape index (κ1) is 19.4. The summed E-state index contributed by atoms with van der Waals surface area (Å²) in [5.41, 5.74) is 0.678. The number of carbonyl (C=O) groups is 2. The van der Waals surface area contributed by atoms with Crippen molar-refractivity contribution in [2.45, 2.75) is 18.9 Å². The molecule has 0 saturated carbocycles. The van der Waals surface area contributed by atoms with E-state index >= 15 is 0 Å². The minimum atomic E-state index is -0.247. The molecule has 3 rings (SSSR count). The highest BCUT2D eigenvalue weighted by atomic mass is 35.5. The number of carbonyl (C=O) groups excluding carboxylic acids is 2. The number of hydrogen-bond acceptors (Lipinski definition) is 5. The summed E-state index contributed by atoms with van der Waals surface area (Å²) in [4.78, 5) is 27.7. The van der Waals surface area contributed by atoms with Crippen molar-refractivity contribution in [1.82, 2.24) is 9.80 Å². The van der Waals surface area contributed by atoms with E-state index in [9.17, 15) is 9.59 Å². The van der Waals surface area contributed by atoms with E-state index in [1.54, 1.807) is 35.1 Å². The largest absolute Gasteiger partial charge is 0.493 e. The van der Waals surface area contributed by atoms with Crippen LogP contribution in [0.5, 0.6) is 11.5 Å². The molecule has 0 spiro atoms. The highest BCUT2D eigenvalue weighted by Gasteiger charge is 2.32. The highest BCUT2D eigenvalue weighted by Crippen LogP contribution is 2.37. The van der Waals surface area contributed by atoms with Crippen LogP contribution in [0.1, 0.15) is 18.4 Å². The number of halogens is 1. The lowest BCUT2D eigenvalue weighted by molar-refractivity contribution is -0.127. The van der Waals surface area contributed by atoms with Gasteiger partial charge in [0.25, 0.3) is 0 Å². The number of cyclic esters (lactones) is 1. The Morgan fingerprint density at radius 3 is 2.56 bits per heavy atom. The number of rotatable bonds is 5. The van der Waals surface area contributed by atoms with Gasteiger partial charge in [0, 0.05) is 25.2 Å².